The van der Waals surface area contributed by atoms with Gasteiger partial charge in [0, 0.05) is 11.8 Å². The molecule has 1 atom stereocenters. The highest BCUT2D eigenvalue weighted by atomic mass is 19.1. The molecule has 0 radical (unpaired) electrons. The highest BCUT2D eigenvalue weighted by Crippen LogP contribution is 2.26. The van der Waals surface area contributed by atoms with Gasteiger partial charge in [0.1, 0.15) is 11.6 Å². The first kappa shape index (κ1) is 14.2. The molecule has 0 saturated carbocycles. The quantitative estimate of drug-likeness (QED) is 0.927. The Morgan fingerprint density at radius 3 is 2.75 bits per heavy atom. The van der Waals surface area contributed by atoms with Crippen LogP contribution < -0.4 is 5.32 Å². The summed E-state index contributed by atoms with van der Waals surface area (Å²) >= 11 is 0. The van der Waals surface area contributed by atoms with Crippen molar-refractivity contribution in [1.29, 1.82) is 0 Å². The Morgan fingerprint density at radius 1 is 1.40 bits per heavy atom. The van der Waals surface area contributed by atoms with E-state index in [1.165, 1.54) is 13.1 Å². The van der Waals surface area contributed by atoms with Gasteiger partial charge in [0.25, 0.3) is 0 Å². The van der Waals surface area contributed by atoms with Gasteiger partial charge >= 0.3 is 0 Å². The third-order valence-electron chi connectivity index (χ3n) is 3.23. The molecule has 1 N–H and O–H groups in total. The lowest BCUT2D eigenvalue weighted by atomic mass is 9.89. The first-order chi connectivity index (χ1) is 9.41. The minimum atomic E-state index is -1.07. The van der Waals surface area contributed by atoms with E-state index >= 15 is 0 Å². The molecule has 0 aliphatic rings. The Bertz CT molecular complexity index is 592. The van der Waals surface area contributed by atoms with Crippen molar-refractivity contribution in [3.05, 3.63) is 47.9 Å². The van der Waals surface area contributed by atoms with Crippen molar-refractivity contribution in [2.75, 3.05) is 5.32 Å². The number of amides is 1. The maximum absolute atomic E-state index is 13.3. The number of nitrogens with zero attached hydrogens (tertiary/aromatic N) is 1. The summed E-state index contributed by atoms with van der Waals surface area (Å²) in [5, 5.41) is 6.38. The Morgan fingerprint density at radius 2 is 2.15 bits per heavy atom. The van der Waals surface area contributed by atoms with Crippen LogP contribution in [0.15, 0.2) is 41.1 Å². The molecular weight excluding hydrogens is 259 g/mol. The molecule has 2 aromatic rings. The number of carbonyl (C=O) groups excluding carboxylic acids is 1. The smallest absolute Gasteiger partial charge is 0.237 e. The molecule has 0 spiro atoms. The highest BCUT2D eigenvalue weighted by Gasteiger charge is 2.33. The minimum absolute atomic E-state index is 0.238. The molecule has 1 heterocycles. The van der Waals surface area contributed by atoms with Crippen LogP contribution in [0, 0.1) is 0 Å². The van der Waals surface area contributed by atoms with Gasteiger partial charge in [-0.05, 0) is 38.5 Å². The van der Waals surface area contributed by atoms with Crippen molar-refractivity contribution >= 4 is 11.6 Å². The zero-order chi connectivity index (χ0) is 14.8. The van der Waals surface area contributed by atoms with Gasteiger partial charge in [-0.15, -0.1) is 0 Å². The van der Waals surface area contributed by atoms with Gasteiger partial charge in [0.2, 0.25) is 5.91 Å². The van der Waals surface area contributed by atoms with Crippen molar-refractivity contribution in [3.63, 3.8) is 0 Å². The number of halogens is 1. The van der Waals surface area contributed by atoms with E-state index in [4.69, 9.17) is 4.52 Å². The van der Waals surface area contributed by atoms with E-state index in [1.807, 2.05) is 0 Å². The van der Waals surface area contributed by atoms with E-state index in [0.717, 1.165) is 0 Å². The van der Waals surface area contributed by atoms with Crippen molar-refractivity contribution in [2.45, 2.75) is 32.4 Å². The summed E-state index contributed by atoms with van der Waals surface area (Å²) in [4.78, 5) is 12.3. The Balaban J connectivity index is 2.18. The minimum Gasteiger partial charge on any atom is -0.360 e. The molecule has 4 nitrogen and oxygen atoms in total. The van der Waals surface area contributed by atoms with Crippen molar-refractivity contribution in [1.82, 2.24) is 5.16 Å². The van der Waals surface area contributed by atoms with Crippen LogP contribution in [0.5, 0.6) is 0 Å². The monoisotopic (exact) mass is 276 g/mol. The Hall–Kier alpha value is -2.17. The van der Waals surface area contributed by atoms with Crippen molar-refractivity contribution in [2.24, 2.45) is 0 Å². The number of nitrogens with one attached hydrogen (secondary N) is 1. The predicted molar refractivity (Wildman–Crippen MR) is 74.1 cm³/mol. The molecule has 20 heavy (non-hydrogen) atoms. The van der Waals surface area contributed by atoms with Crippen LogP contribution in [0.1, 0.15) is 38.3 Å². The first-order valence-electron chi connectivity index (χ1n) is 6.38. The molecule has 2 rings (SSSR count). The first-order valence-corrected chi connectivity index (χ1v) is 6.38. The van der Waals surface area contributed by atoms with Crippen LogP contribution in [-0.4, -0.2) is 11.1 Å². The number of alkyl halides is 1. The topological polar surface area (TPSA) is 55.1 Å². The molecule has 1 unspecified atom stereocenters. The molecule has 1 amide bonds. The predicted octanol–water partition coefficient (Wildman–Crippen LogP) is 3.62. The summed E-state index contributed by atoms with van der Waals surface area (Å²) in [5.41, 5.74) is 0.234. The maximum Gasteiger partial charge on any atom is 0.237 e. The Labute approximate surface area is 117 Å². The molecule has 1 aromatic heterocycles. The van der Waals surface area contributed by atoms with Crippen LogP contribution in [0.25, 0.3) is 0 Å². The maximum atomic E-state index is 13.3. The fraction of sp³-hybridized carbons (Fsp3) is 0.333. The van der Waals surface area contributed by atoms with Gasteiger partial charge < -0.3 is 9.84 Å². The molecule has 0 bridgehead atoms. The van der Waals surface area contributed by atoms with Crippen LogP contribution in [0.4, 0.5) is 10.1 Å². The second kappa shape index (κ2) is 5.45. The van der Waals surface area contributed by atoms with E-state index in [0.29, 0.717) is 17.0 Å². The van der Waals surface area contributed by atoms with Gasteiger partial charge in [0.15, 0.2) is 5.76 Å². The largest absolute Gasteiger partial charge is 0.360 e. The lowest BCUT2D eigenvalue weighted by Gasteiger charge is -2.20. The van der Waals surface area contributed by atoms with E-state index in [1.54, 1.807) is 44.2 Å². The van der Waals surface area contributed by atoms with Crippen LogP contribution in [-0.2, 0) is 10.2 Å². The summed E-state index contributed by atoms with van der Waals surface area (Å²) < 4.78 is 18.3. The van der Waals surface area contributed by atoms with Crippen LogP contribution in [0.2, 0.25) is 0 Å². The lowest BCUT2D eigenvalue weighted by Crippen LogP contribution is -2.34. The number of hydrogen-bond donors (Lipinski definition) is 1. The lowest BCUT2D eigenvalue weighted by molar-refractivity contribution is -0.121. The summed E-state index contributed by atoms with van der Waals surface area (Å²) in [6.07, 6.45) is 0.421. The second-order valence-electron chi connectivity index (χ2n) is 5.20. The number of carbonyl (C=O) groups is 1. The molecule has 0 saturated heterocycles. The SMILES string of the molecule is CC(F)c1cccc(NC(=O)C(C)(C)c2ccno2)c1. The molecule has 106 valence electrons. The van der Waals surface area contributed by atoms with Crippen LogP contribution in [0.3, 0.4) is 0 Å². The average molecular weight is 276 g/mol. The van der Waals surface area contributed by atoms with E-state index in [2.05, 4.69) is 10.5 Å². The average Bonchev–Trinajstić information content (AvgIpc) is 2.93. The summed E-state index contributed by atoms with van der Waals surface area (Å²) in [6, 6.07) is 8.39. The van der Waals surface area contributed by atoms with Gasteiger partial charge in [-0.2, -0.15) is 0 Å². The molecule has 0 aliphatic heterocycles. The second-order valence-corrected chi connectivity index (χ2v) is 5.20. The fourth-order valence-corrected chi connectivity index (χ4v) is 1.80. The number of hydrogen-bond acceptors (Lipinski definition) is 3. The third-order valence-corrected chi connectivity index (χ3v) is 3.23. The summed E-state index contributed by atoms with van der Waals surface area (Å²) in [5.74, 6) is 0.239. The summed E-state index contributed by atoms with van der Waals surface area (Å²) in [6.45, 7) is 4.94. The van der Waals surface area contributed by atoms with Crippen molar-refractivity contribution in [3.8, 4) is 0 Å². The number of anilines is 1. The normalized spacial score (nSPS) is 13.0. The van der Waals surface area contributed by atoms with Gasteiger partial charge in [-0.25, -0.2) is 4.39 Å². The molecular formula is C15H17FN2O2. The van der Waals surface area contributed by atoms with E-state index < -0.39 is 11.6 Å². The summed E-state index contributed by atoms with van der Waals surface area (Å²) in [7, 11) is 0. The van der Waals surface area contributed by atoms with Gasteiger partial charge in [-0.1, -0.05) is 17.3 Å². The molecule has 0 fully saturated rings. The zero-order valence-corrected chi connectivity index (χ0v) is 11.7. The van der Waals surface area contributed by atoms with Gasteiger partial charge in [0.05, 0.1) is 6.20 Å². The molecule has 1 aromatic carbocycles. The number of benzene rings is 1. The fourth-order valence-electron chi connectivity index (χ4n) is 1.80. The number of rotatable bonds is 4. The van der Waals surface area contributed by atoms with Crippen LogP contribution >= 0.6 is 0 Å². The third kappa shape index (κ3) is 2.87. The van der Waals surface area contributed by atoms with E-state index in [-0.39, 0.29) is 5.91 Å². The standard InChI is InChI=1S/C15H17FN2O2/c1-10(16)11-5-4-6-12(9-11)18-14(19)15(2,3)13-7-8-17-20-13/h4-10H,1-3H3,(H,18,19). The van der Waals surface area contributed by atoms with Gasteiger partial charge in [-0.3, -0.25) is 4.79 Å². The highest BCUT2D eigenvalue weighted by molar-refractivity contribution is 5.98. The molecule has 0 aliphatic carbocycles. The van der Waals surface area contributed by atoms with Crippen molar-refractivity contribution < 1.29 is 13.7 Å². The number of aromatic nitrogens is 1. The van der Waals surface area contributed by atoms with E-state index in [9.17, 15) is 9.18 Å². The Kier molecular flexibility index (Phi) is 3.88. The zero-order valence-electron chi connectivity index (χ0n) is 11.7. The molecule has 5 heteroatoms.